The number of benzene rings is 1. The van der Waals surface area contributed by atoms with Crippen LogP contribution >= 0.6 is 11.3 Å². The van der Waals surface area contributed by atoms with Crippen molar-refractivity contribution in [3.05, 3.63) is 53.0 Å². The van der Waals surface area contributed by atoms with Crippen molar-refractivity contribution in [1.29, 1.82) is 0 Å². The lowest BCUT2D eigenvalue weighted by molar-refractivity contribution is 0.215. The van der Waals surface area contributed by atoms with Crippen molar-refractivity contribution in [1.82, 2.24) is 25.0 Å². The number of hydrogen-bond donors (Lipinski definition) is 0. The Balaban J connectivity index is 1.25. The standard InChI is InChI=1S/C21H22N6OS/c1-14-5-3-4-6-16(14)19-24-18(28-25-19)12-26-7-9-27(10-8-26)20-17-11-15(2)29-21(17)23-13-22-20/h3-6,11,13H,7-10,12H2,1-2H3. The fraction of sp³-hybridized carbons (Fsp3) is 0.333. The highest BCUT2D eigenvalue weighted by atomic mass is 32.1. The van der Waals surface area contributed by atoms with Crippen LogP contribution in [0.15, 0.2) is 41.2 Å². The molecule has 0 atom stereocenters. The van der Waals surface area contributed by atoms with E-state index < -0.39 is 0 Å². The fourth-order valence-electron chi connectivity index (χ4n) is 3.78. The summed E-state index contributed by atoms with van der Waals surface area (Å²) in [6.45, 7) is 8.53. The third-order valence-electron chi connectivity index (χ3n) is 5.32. The lowest BCUT2D eigenvalue weighted by Crippen LogP contribution is -2.46. The Morgan fingerprint density at radius 2 is 1.90 bits per heavy atom. The van der Waals surface area contributed by atoms with Gasteiger partial charge in [0.2, 0.25) is 11.7 Å². The Labute approximate surface area is 173 Å². The van der Waals surface area contributed by atoms with Gasteiger partial charge in [-0.2, -0.15) is 4.98 Å². The van der Waals surface area contributed by atoms with E-state index in [-0.39, 0.29) is 0 Å². The van der Waals surface area contributed by atoms with Gasteiger partial charge < -0.3 is 9.42 Å². The maximum Gasteiger partial charge on any atom is 0.241 e. The molecule has 4 aromatic rings. The maximum atomic E-state index is 5.51. The van der Waals surface area contributed by atoms with Crippen LogP contribution in [0.25, 0.3) is 21.6 Å². The molecule has 0 saturated carbocycles. The smallest absolute Gasteiger partial charge is 0.241 e. The Kier molecular flexibility index (Phi) is 4.73. The number of anilines is 1. The van der Waals surface area contributed by atoms with Crippen LogP contribution in [0.2, 0.25) is 0 Å². The zero-order valence-corrected chi connectivity index (χ0v) is 17.3. The molecule has 0 spiro atoms. The van der Waals surface area contributed by atoms with Gasteiger partial charge in [0.15, 0.2) is 0 Å². The van der Waals surface area contributed by atoms with Gasteiger partial charge in [0.05, 0.1) is 11.9 Å². The summed E-state index contributed by atoms with van der Waals surface area (Å²) >= 11 is 1.72. The minimum absolute atomic E-state index is 0.660. The van der Waals surface area contributed by atoms with E-state index in [2.05, 4.69) is 55.9 Å². The minimum atomic E-state index is 0.660. The molecule has 7 nitrogen and oxygen atoms in total. The van der Waals surface area contributed by atoms with Crippen molar-refractivity contribution in [2.45, 2.75) is 20.4 Å². The van der Waals surface area contributed by atoms with Crippen LogP contribution in [0, 0.1) is 13.8 Å². The SMILES string of the molecule is Cc1cc2c(N3CCN(Cc4nc(-c5ccccc5C)no4)CC3)ncnc2s1. The van der Waals surface area contributed by atoms with E-state index in [1.54, 1.807) is 17.7 Å². The number of aryl methyl sites for hydroxylation is 2. The average Bonchev–Trinajstić information content (AvgIpc) is 3.34. The van der Waals surface area contributed by atoms with Gasteiger partial charge in [-0.1, -0.05) is 29.4 Å². The molecular weight excluding hydrogens is 384 g/mol. The summed E-state index contributed by atoms with van der Waals surface area (Å²) in [5.41, 5.74) is 2.17. The topological polar surface area (TPSA) is 71.2 Å². The Morgan fingerprint density at radius 3 is 2.72 bits per heavy atom. The first-order valence-corrected chi connectivity index (χ1v) is 10.6. The van der Waals surface area contributed by atoms with Gasteiger partial charge in [0.25, 0.3) is 0 Å². The summed E-state index contributed by atoms with van der Waals surface area (Å²) < 4.78 is 5.51. The van der Waals surface area contributed by atoms with Crippen LogP contribution in [0.3, 0.4) is 0 Å². The van der Waals surface area contributed by atoms with Crippen LogP contribution in [-0.2, 0) is 6.54 Å². The first-order valence-electron chi connectivity index (χ1n) is 9.74. The second-order valence-corrected chi connectivity index (χ2v) is 8.60. The van der Waals surface area contributed by atoms with Crippen molar-refractivity contribution < 1.29 is 4.52 Å². The molecule has 0 amide bonds. The third-order valence-corrected chi connectivity index (χ3v) is 6.27. The molecule has 1 aliphatic heterocycles. The first-order chi connectivity index (χ1) is 14.2. The molecule has 0 N–H and O–H groups in total. The lowest BCUT2D eigenvalue weighted by atomic mass is 10.1. The van der Waals surface area contributed by atoms with Crippen molar-refractivity contribution >= 4 is 27.4 Å². The van der Waals surface area contributed by atoms with Gasteiger partial charge in [-0.15, -0.1) is 11.3 Å². The van der Waals surface area contributed by atoms with Gasteiger partial charge in [-0.25, -0.2) is 9.97 Å². The molecule has 0 unspecified atom stereocenters. The molecular formula is C21H22N6OS. The number of nitrogens with zero attached hydrogens (tertiary/aromatic N) is 6. The number of thiophene rings is 1. The second kappa shape index (κ2) is 7.53. The minimum Gasteiger partial charge on any atom is -0.353 e. The molecule has 1 aromatic carbocycles. The highest BCUT2D eigenvalue weighted by molar-refractivity contribution is 7.18. The van der Waals surface area contributed by atoms with Gasteiger partial charge in [-0.05, 0) is 25.5 Å². The van der Waals surface area contributed by atoms with Crippen LogP contribution in [0.4, 0.5) is 5.82 Å². The predicted molar refractivity (Wildman–Crippen MR) is 114 cm³/mol. The van der Waals surface area contributed by atoms with Crippen LogP contribution in [-0.4, -0.2) is 51.2 Å². The maximum absolute atomic E-state index is 5.51. The zero-order valence-electron chi connectivity index (χ0n) is 16.5. The average molecular weight is 407 g/mol. The summed E-state index contributed by atoms with van der Waals surface area (Å²) in [5, 5.41) is 5.33. The van der Waals surface area contributed by atoms with Crippen molar-refractivity contribution in [3.63, 3.8) is 0 Å². The molecule has 4 heterocycles. The lowest BCUT2D eigenvalue weighted by Gasteiger charge is -2.34. The fourth-order valence-corrected chi connectivity index (χ4v) is 4.62. The molecule has 5 rings (SSSR count). The van der Waals surface area contributed by atoms with Crippen LogP contribution in [0.5, 0.6) is 0 Å². The normalized spacial score (nSPS) is 15.3. The molecule has 8 heteroatoms. The van der Waals surface area contributed by atoms with Gasteiger partial charge >= 0.3 is 0 Å². The highest BCUT2D eigenvalue weighted by Crippen LogP contribution is 2.30. The van der Waals surface area contributed by atoms with Crippen LogP contribution < -0.4 is 4.90 Å². The number of hydrogen-bond acceptors (Lipinski definition) is 8. The quantitative estimate of drug-likeness (QED) is 0.512. The summed E-state index contributed by atoms with van der Waals surface area (Å²) in [7, 11) is 0. The van der Waals surface area contributed by atoms with E-state index in [9.17, 15) is 0 Å². The zero-order chi connectivity index (χ0) is 19.8. The number of rotatable bonds is 4. The van der Waals surface area contributed by atoms with Crippen molar-refractivity contribution in [2.24, 2.45) is 0 Å². The van der Waals surface area contributed by atoms with Crippen LogP contribution in [0.1, 0.15) is 16.3 Å². The van der Waals surface area contributed by atoms with Gasteiger partial charge in [0, 0.05) is 36.6 Å². The summed E-state index contributed by atoms with van der Waals surface area (Å²) in [5.74, 6) is 2.36. The number of piperazine rings is 1. The van der Waals surface area contributed by atoms with E-state index in [1.165, 1.54) is 4.88 Å². The van der Waals surface area contributed by atoms with E-state index in [4.69, 9.17) is 4.52 Å². The molecule has 29 heavy (non-hydrogen) atoms. The van der Waals surface area contributed by atoms with Gasteiger partial charge in [-0.3, -0.25) is 4.90 Å². The number of fused-ring (bicyclic) bond motifs is 1. The van der Waals surface area contributed by atoms with E-state index in [1.807, 2.05) is 18.2 Å². The molecule has 1 fully saturated rings. The largest absolute Gasteiger partial charge is 0.353 e. The van der Waals surface area contributed by atoms with Crippen molar-refractivity contribution in [2.75, 3.05) is 31.1 Å². The molecule has 0 bridgehead atoms. The Morgan fingerprint density at radius 1 is 1.07 bits per heavy atom. The third kappa shape index (κ3) is 3.61. The predicted octanol–water partition coefficient (Wildman–Crippen LogP) is 3.68. The molecule has 1 aliphatic rings. The summed E-state index contributed by atoms with van der Waals surface area (Å²) in [4.78, 5) is 20.6. The molecule has 1 saturated heterocycles. The molecule has 3 aromatic heterocycles. The Hall–Kier alpha value is -2.84. The second-order valence-electron chi connectivity index (χ2n) is 7.36. The van der Waals surface area contributed by atoms with E-state index >= 15 is 0 Å². The summed E-state index contributed by atoms with van der Waals surface area (Å²) in [6, 6.07) is 10.3. The monoisotopic (exact) mass is 406 g/mol. The Bertz CT molecular complexity index is 1150. The van der Waals surface area contributed by atoms with E-state index in [0.29, 0.717) is 18.3 Å². The molecule has 0 aliphatic carbocycles. The number of aromatic nitrogens is 4. The first kappa shape index (κ1) is 18.2. The highest BCUT2D eigenvalue weighted by Gasteiger charge is 2.22. The molecule has 148 valence electrons. The van der Waals surface area contributed by atoms with Gasteiger partial charge in [0.1, 0.15) is 17.0 Å². The van der Waals surface area contributed by atoms with Crippen molar-refractivity contribution in [3.8, 4) is 11.4 Å². The van der Waals surface area contributed by atoms with E-state index in [0.717, 1.165) is 53.3 Å². The molecule has 0 radical (unpaired) electrons. The summed E-state index contributed by atoms with van der Waals surface area (Å²) in [6.07, 6.45) is 1.67.